The SMILES string of the molecule is C[C@H]1C[C@H](C)CN(C(=O)c2cccc(NC(=O)c3ccccc3)c2)C1. The van der Waals surface area contributed by atoms with Crippen LogP contribution in [-0.4, -0.2) is 29.8 Å². The van der Waals surface area contributed by atoms with Gasteiger partial charge in [0.1, 0.15) is 0 Å². The average Bonchev–Trinajstić information content (AvgIpc) is 2.61. The first kappa shape index (κ1) is 17.2. The van der Waals surface area contributed by atoms with Gasteiger partial charge in [0.15, 0.2) is 0 Å². The lowest BCUT2D eigenvalue weighted by atomic mass is 9.91. The van der Waals surface area contributed by atoms with Crippen molar-refractivity contribution in [3.8, 4) is 0 Å². The molecule has 0 unspecified atom stereocenters. The number of rotatable bonds is 3. The van der Waals surface area contributed by atoms with Gasteiger partial charge in [-0.1, -0.05) is 38.1 Å². The second kappa shape index (κ2) is 7.51. The number of hydrogen-bond acceptors (Lipinski definition) is 2. The van der Waals surface area contributed by atoms with Gasteiger partial charge < -0.3 is 10.2 Å². The molecule has 0 spiro atoms. The first-order valence-electron chi connectivity index (χ1n) is 8.78. The van der Waals surface area contributed by atoms with Crippen molar-refractivity contribution in [1.29, 1.82) is 0 Å². The molecule has 1 aliphatic rings. The Bertz CT molecular complexity index is 748. The van der Waals surface area contributed by atoms with Gasteiger partial charge in [-0.2, -0.15) is 0 Å². The normalized spacial score (nSPS) is 20.2. The van der Waals surface area contributed by atoms with Crippen LogP contribution < -0.4 is 5.32 Å². The van der Waals surface area contributed by atoms with Crippen LogP contribution in [0.3, 0.4) is 0 Å². The molecule has 25 heavy (non-hydrogen) atoms. The van der Waals surface area contributed by atoms with Gasteiger partial charge in [-0.05, 0) is 48.6 Å². The van der Waals surface area contributed by atoms with Crippen molar-refractivity contribution >= 4 is 17.5 Å². The maximum Gasteiger partial charge on any atom is 0.255 e. The molecule has 1 heterocycles. The second-order valence-corrected chi connectivity index (χ2v) is 7.06. The van der Waals surface area contributed by atoms with E-state index in [0.29, 0.717) is 28.7 Å². The summed E-state index contributed by atoms with van der Waals surface area (Å²) < 4.78 is 0. The third-order valence-corrected chi connectivity index (χ3v) is 4.56. The van der Waals surface area contributed by atoms with Crippen LogP contribution in [0, 0.1) is 11.8 Å². The van der Waals surface area contributed by atoms with Crippen molar-refractivity contribution in [3.63, 3.8) is 0 Å². The molecule has 2 aromatic rings. The van der Waals surface area contributed by atoms with Gasteiger partial charge in [0.2, 0.25) is 0 Å². The zero-order chi connectivity index (χ0) is 17.8. The van der Waals surface area contributed by atoms with E-state index in [2.05, 4.69) is 19.2 Å². The summed E-state index contributed by atoms with van der Waals surface area (Å²) in [6.45, 7) is 5.96. The Hall–Kier alpha value is -2.62. The molecule has 0 aromatic heterocycles. The predicted molar refractivity (Wildman–Crippen MR) is 99.7 cm³/mol. The lowest BCUT2D eigenvalue weighted by molar-refractivity contribution is 0.0623. The molecule has 2 atom stereocenters. The van der Waals surface area contributed by atoms with Crippen molar-refractivity contribution in [2.24, 2.45) is 11.8 Å². The smallest absolute Gasteiger partial charge is 0.255 e. The van der Waals surface area contributed by atoms with Crippen molar-refractivity contribution < 1.29 is 9.59 Å². The first-order chi connectivity index (χ1) is 12.0. The quantitative estimate of drug-likeness (QED) is 0.919. The van der Waals surface area contributed by atoms with Gasteiger partial charge >= 0.3 is 0 Å². The molecule has 1 saturated heterocycles. The molecule has 2 amide bonds. The maximum absolute atomic E-state index is 12.8. The number of anilines is 1. The van der Waals surface area contributed by atoms with Crippen LogP contribution in [0.1, 0.15) is 41.0 Å². The number of hydrogen-bond donors (Lipinski definition) is 1. The number of piperidine rings is 1. The van der Waals surface area contributed by atoms with Gasteiger partial charge in [0.05, 0.1) is 0 Å². The number of nitrogens with zero attached hydrogens (tertiary/aromatic N) is 1. The van der Waals surface area contributed by atoms with E-state index in [1.165, 1.54) is 0 Å². The summed E-state index contributed by atoms with van der Waals surface area (Å²) in [6, 6.07) is 16.2. The summed E-state index contributed by atoms with van der Waals surface area (Å²) in [7, 11) is 0. The van der Waals surface area contributed by atoms with Crippen LogP contribution in [-0.2, 0) is 0 Å². The molecular weight excluding hydrogens is 312 g/mol. The Balaban J connectivity index is 1.73. The van der Waals surface area contributed by atoms with Crippen molar-refractivity contribution in [2.45, 2.75) is 20.3 Å². The molecule has 2 aromatic carbocycles. The Morgan fingerprint density at radius 1 is 0.920 bits per heavy atom. The third kappa shape index (κ3) is 4.27. The number of amides is 2. The Morgan fingerprint density at radius 2 is 1.56 bits per heavy atom. The van der Waals surface area contributed by atoms with E-state index in [-0.39, 0.29) is 11.8 Å². The summed E-state index contributed by atoms with van der Waals surface area (Å²) in [6.07, 6.45) is 1.16. The Kier molecular flexibility index (Phi) is 5.17. The third-order valence-electron chi connectivity index (χ3n) is 4.56. The molecular formula is C21H24N2O2. The second-order valence-electron chi connectivity index (χ2n) is 7.06. The Labute approximate surface area is 148 Å². The lowest BCUT2D eigenvalue weighted by Gasteiger charge is -2.35. The molecule has 3 rings (SSSR count). The highest BCUT2D eigenvalue weighted by Gasteiger charge is 2.26. The summed E-state index contributed by atoms with van der Waals surface area (Å²) in [5.74, 6) is 0.905. The van der Waals surface area contributed by atoms with Gasteiger partial charge in [0.25, 0.3) is 11.8 Å². The van der Waals surface area contributed by atoms with Crippen LogP contribution in [0.15, 0.2) is 54.6 Å². The van der Waals surface area contributed by atoms with Crippen LogP contribution >= 0.6 is 0 Å². The highest BCUT2D eigenvalue weighted by atomic mass is 16.2. The topological polar surface area (TPSA) is 49.4 Å². The molecule has 1 aliphatic heterocycles. The van der Waals surface area contributed by atoms with E-state index in [0.717, 1.165) is 19.5 Å². The van der Waals surface area contributed by atoms with Crippen LogP contribution in [0.4, 0.5) is 5.69 Å². The molecule has 0 aliphatic carbocycles. The highest BCUT2D eigenvalue weighted by molar-refractivity contribution is 6.05. The zero-order valence-corrected chi connectivity index (χ0v) is 14.7. The monoisotopic (exact) mass is 336 g/mol. The van der Waals surface area contributed by atoms with Crippen LogP contribution in [0.25, 0.3) is 0 Å². The summed E-state index contributed by atoms with van der Waals surface area (Å²) in [5, 5.41) is 2.86. The Morgan fingerprint density at radius 3 is 2.24 bits per heavy atom. The highest BCUT2D eigenvalue weighted by Crippen LogP contribution is 2.23. The zero-order valence-electron chi connectivity index (χ0n) is 14.7. The number of carbonyl (C=O) groups is 2. The fourth-order valence-corrected chi connectivity index (χ4v) is 3.53. The minimum absolute atomic E-state index is 0.0363. The lowest BCUT2D eigenvalue weighted by Crippen LogP contribution is -2.42. The fourth-order valence-electron chi connectivity index (χ4n) is 3.53. The van der Waals surface area contributed by atoms with Crippen molar-refractivity contribution in [3.05, 3.63) is 65.7 Å². The minimum atomic E-state index is -0.176. The van der Waals surface area contributed by atoms with E-state index >= 15 is 0 Å². The standard InChI is InChI=1S/C21H24N2O2/c1-15-11-16(2)14-23(13-15)21(25)18-9-6-10-19(12-18)22-20(24)17-7-4-3-5-8-17/h3-10,12,15-16H,11,13-14H2,1-2H3,(H,22,24)/t15-,16-/m0/s1. The molecule has 0 radical (unpaired) electrons. The van der Waals surface area contributed by atoms with Gasteiger partial charge in [-0.3, -0.25) is 9.59 Å². The van der Waals surface area contributed by atoms with Gasteiger partial charge in [-0.15, -0.1) is 0 Å². The fraction of sp³-hybridized carbons (Fsp3) is 0.333. The average molecular weight is 336 g/mol. The molecule has 1 N–H and O–H groups in total. The molecule has 4 nitrogen and oxygen atoms in total. The van der Waals surface area contributed by atoms with E-state index in [9.17, 15) is 9.59 Å². The van der Waals surface area contributed by atoms with E-state index in [1.807, 2.05) is 35.2 Å². The summed E-state index contributed by atoms with van der Waals surface area (Å²) >= 11 is 0. The van der Waals surface area contributed by atoms with Crippen LogP contribution in [0.2, 0.25) is 0 Å². The summed E-state index contributed by atoms with van der Waals surface area (Å²) in [5.41, 5.74) is 1.85. The first-order valence-corrected chi connectivity index (χ1v) is 8.78. The molecule has 130 valence electrons. The number of nitrogens with one attached hydrogen (secondary N) is 1. The molecule has 1 fully saturated rings. The number of likely N-dealkylation sites (tertiary alicyclic amines) is 1. The minimum Gasteiger partial charge on any atom is -0.338 e. The van der Waals surface area contributed by atoms with Crippen molar-refractivity contribution in [2.75, 3.05) is 18.4 Å². The maximum atomic E-state index is 12.8. The predicted octanol–water partition coefficient (Wildman–Crippen LogP) is 4.06. The van der Waals surface area contributed by atoms with E-state index in [4.69, 9.17) is 0 Å². The molecule has 0 saturated carbocycles. The molecule has 0 bridgehead atoms. The molecule has 4 heteroatoms. The number of carbonyl (C=O) groups excluding carboxylic acids is 2. The summed E-state index contributed by atoms with van der Waals surface area (Å²) in [4.78, 5) is 27.0. The largest absolute Gasteiger partial charge is 0.338 e. The van der Waals surface area contributed by atoms with Gasteiger partial charge in [0, 0.05) is 29.9 Å². The van der Waals surface area contributed by atoms with E-state index in [1.54, 1.807) is 24.3 Å². The van der Waals surface area contributed by atoms with Crippen molar-refractivity contribution in [1.82, 2.24) is 4.90 Å². The number of benzene rings is 2. The van der Waals surface area contributed by atoms with Gasteiger partial charge in [-0.25, -0.2) is 0 Å². The van der Waals surface area contributed by atoms with Crippen LogP contribution in [0.5, 0.6) is 0 Å². The van der Waals surface area contributed by atoms with E-state index < -0.39 is 0 Å².